The van der Waals surface area contributed by atoms with Gasteiger partial charge in [0.25, 0.3) is 0 Å². The monoisotopic (exact) mass is 274 g/mol. The average molecular weight is 274 g/mol. The van der Waals surface area contributed by atoms with Crippen molar-refractivity contribution in [3.8, 4) is 0 Å². The van der Waals surface area contributed by atoms with Crippen molar-refractivity contribution in [2.75, 3.05) is 0 Å². The van der Waals surface area contributed by atoms with Gasteiger partial charge in [-0.25, -0.2) is 0 Å². The molecule has 0 atom stereocenters. The van der Waals surface area contributed by atoms with Crippen molar-refractivity contribution < 1.29 is 11.5 Å². The number of rotatable bonds is 3. The maximum absolute atomic E-state index is 4.14. The van der Waals surface area contributed by atoms with Crippen LogP contribution < -0.4 is 0 Å². The standard InChI is InChI=1S/C5H5.2C3H7.5CH3.Ti/c1-2-4-5-3-1;2*1-3-2;;;;;;/h1-5H;2*3H,1-2H3;5*1H3;. The molecule has 0 saturated carbocycles. The van der Waals surface area contributed by atoms with E-state index in [1.807, 2.05) is 0 Å². The van der Waals surface area contributed by atoms with E-state index in [4.69, 9.17) is 0 Å². The summed E-state index contributed by atoms with van der Waals surface area (Å²) in [6.07, 6.45) is 9.36. The summed E-state index contributed by atoms with van der Waals surface area (Å²) in [7, 11) is 0. The van der Waals surface area contributed by atoms with Gasteiger partial charge in [-0.15, -0.1) is 0 Å². The van der Waals surface area contributed by atoms with E-state index in [0.717, 1.165) is 0 Å². The van der Waals surface area contributed by atoms with Crippen molar-refractivity contribution in [2.45, 2.75) is 66.5 Å². The normalized spacial score (nSPS) is 26.8. The van der Waals surface area contributed by atoms with Gasteiger partial charge >= 0.3 is 102 Å². The molecule has 0 nitrogen and oxygen atoms in total. The molecule has 0 spiro atoms. The van der Waals surface area contributed by atoms with Crippen LogP contribution in [0.15, 0.2) is 24.3 Å². The first kappa shape index (κ1) is 15.3. The zero-order valence-corrected chi connectivity index (χ0v) is 15.1. The van der Waals surface area contributed by atoms with Crippen molar-refractivity contribution in [2.24, 2.45) is 0 Å². The molecule has 102 valence electrons. The van der Waals surface area contributed by atoms with E-state index < -0.39 is 11.5 Å². The van der Waals surface area contributed by atoms with Crippen LogP contribution in [0.5, 0.6) is 0 Å². The quantitative estimate of drug-likeness (QED) is 0.482. The van der Waals surface area contributed by atoms with Gasteiger partial charge in [0.1, 0.15) is 0 Å². The van der Waals surface area contributed by atoms with E-state index in [0.29, 0.717) is 12.7 Å². The van der Waals surface area contributed by atoms with Gasteiger partial charge in [-0.05, 0) is 0 Å². The van der Waals surface area contributed by atoms with E-state index >= 15 is 0 Å². The molecular formula is C16H34Ti. The van der Waals surface area contributed by atoms with Gasteiger partial charge < -0.3 is 0 Å². The topological polar surface area (TPSA) is 0 Å². The van der Waals surface area contributed by atoms with Crippen molar-refractivity contribution >= 4 is 0 Å². The zero-order chi connectivity index (χ0) is 13.9. The predicted octanol–water partition coefficient (Wildman–Crippen LogP) is 7.09. The molecule has 1 aliphatic carbocycles. The molecular weight excluding hydrogens is 240 g/mol. The summed E-state index contributed by atoms with van der Waals surface area (Å²) in [4.78, 5) is 0. The molecule has 1 aliphatic rings. The van der Waals surface area contributed by atoms with Crippen molar-refractivity contribution in [1.82, 2.24) is 0 Å². The molecule has 0 aromatic rings. The average Bonchev–Trinajstić information content (AvgIpc) is 2.54. The van der Waals surface area contributed by atoms with Crippen LogP contribution in [-0.2, 0) is 11.5 Å². The van der Waals surface area contributed by atoms with Crippen LogP contribution in [0.25, 0.3) is 0 Å². The maximum atomic E-state index is 2.66. The van der Waals surface area contributed by atoms with Crippen molar-refractivity contribution in [1.29, 1.82) is 0 Å². The fourth-order valence-electron chi connectivity index (χ4n) is 3.05. The molecule has 0 saturated heterocycles. The summed E-state index contributed by atoms with van der Waals surface area (Å²) >= 11 is -4.14. The molecule has 0 amide bonds. The Bertz CT molecular complexity index is 418. The van der Waals surface area contributed by atoms with E-state index in [-0.39, 0.29) is 0 Å². The second kappa shape index (κ2) is 2.20. The van der Waals surface area contributed by atoms with Crippen molar-refractivity contribution in [3.05, 3.63) is 24.3 Å². The number of hydrogen-bond acceptors (Lipinski definition) is 0. The third-order valence-electron chi connectivity index (χ3n) is 9.91. The molecule has 17 heavy (non-hydrogen) atoms. The summed E-state index contributed by atoms with van der Waals surface area (Å²) in [5, 5.41) is 13.3. The van der Waals surface area contributed by atoms with Gasteiger partial charge in [0.2, 0.25) is 0 Å². The van der Waals surface area contributed by atoms with Gasteiger partial charge in [0.05, 0.1) is 0 Å². The van der Waals surface area contributed by atoms with Gasteiger partial charge in [-0.3, -0.25) is 0 Å². The summed E-state index contributed by atoms with van der Waals surface area (Å²) in [5.74, 6) is 0. The Morgan fingerprint density at radius 1 is 0.706 bits per heavy atom. The fraction of sp³-hybridized carbons (Fsp3) is 0.750. The fourth-order valence-corrected chi connectivity index (χ4v) is 11.6. The molecule has 0 aromatic carbocycles. The Hall–Kier alpha value is 0.194. The molecule has 0 aromatic heterocycles. The van der Waals surface area contributed by atoms with Crippen LogP contribution in [-0.4, -0.2) is 0 Å². The molecule has 0 aliphatic heterocycles. The Morgan fingerprint density at radius 2 is 1.00 bits per heavy atom. The van der Waals surface area contributed by atoms with E-state index in [1.165, 1.54) is 0 Å². The minimum absolute atomic E-state index is 0.586. The summed E-state index contributed by atoms with van der Waals surface area (Å²) in [6, 6.07) is 0. The van der Waals surface area contributed by atoms with Gasteiger partial charge in [0.15, 0.2) is 0 Å². The van der Waals surface area contributed by atoms with E-state index in [2.05, 4.69) is 78.1 Å². The Balaban J connectivity index is 3.99. The Kier molecular flexibility index (Phi) is 1.98. The molecule has 1 rings (SSSR count). The van der Waals surface area contributed by atoms with Crippen molar-refractivity contribution in [3.63, 3.8) is 0 Å². The first-order valence-corrected chi connectivity index (χ1v) is 17.9. The molecule has 0 N–H and O–H groups in total. The van der Waals surface area contributed by atoms with Crippen LogP contribution in [0.1, 0.15) is 27.7 Å². The SMILES string of the molecule is C[CH](C)[Ti]([CH3])([CH3])([CH3])([CH3])([CH3])([CH](C)C)[CH]1C=CC=C1. The third kappa shape index (κ3) is 1.35. The molecule has 1 heteroatoms. The molecule has 0 fully saturated rings. The van der Waals surface area contributed by atoms with Crippen LogP contribution in [0.2, 0.25) is 38.8 Å². The van der Waals surface area contributed by atoms with Gasteiger partial charge in [-0.2, -0.15) is 0 Å². The summed E-state index contributed by atoms with van der Waals surface area (Å²) in [5.41, 5.74) is 0. The van der Waals surface area contributed by atoms with Crippen LogP contribution >= 0.6 is 0 Å². The minimum atomic E-state index is -4.14. The van der Waals surface area contributed by atoms with Crippen LogP contribution in [0.3, 0.4) is 0 Å². The number of hydrogen-bond donors (Lipinski definition) is 0. The summed E-state index contributed by atoms with van der Waals surface area (Å²) < 4.78 is 1.95. The van der Waals surface area contributed by atoms with Crippen LogP contribution in [0, 0.1) is 0 Å². The predicted molar refractivity (Wildman–Crippen MR) is 81.5 cm³/mol. The Morgan fingerprint density at radius 3 is 1.24 bits per heavy atom. The molecule has 0 heterocycles. The first-order valence-electron chi connectivity index (χ1n) is 7.34. The summed E-state index contributed by atoms with van der Waals surface area (Å²) in [6.45, 7) is 9.78. The molecule has 0 unspecified atom stereocenters. The second-order valence-electron chi connectivity index (χ2n) is 13.4. The van der Waals surface area contributed by atoms with E-state index in [9.17, 15) is 0 Å². The second-order valence-corrected chi connectivity index (χ2v) is 48.8. The third-order valence-corrected chi connectivity index (χ3v) is 39.1. The Labute approximate surface area is 102 Å². The van der Waals surface area contributed by atoms with Gasteiger partial charge in [-0.1, -0.05) is 0 Å². The number of allylic oxidation sites excluding steroid dienone is 4. The van der Waals surface area contributed by atoms with E-state index in [1.54, 1.807) is 0 Å². The zero-order valence-electron chi connectivity index (χ0n) is 13.5. The first-order chi connectivity index (χ1) is 7.01. The van der Waals surface area contributed by atoms with Gasteiger partial charge in [0, 0.05) is 0 Å². The molecule has 0 bridgehead atoms. The van der Waals surface area contributed by atoms with Crippen LogP contribution in [0.4, 0.5) is 0 Å². The molecule has 0 radical (unpaired) electrons.